The predicted octanol–water partition coefficient (Wildman–Crippen LogP) is 4.88. The van der Waals surface area contributed by atoms with Crippen LogP contribution in [-0.4, -0.2) is 23.6 Å². The van der Waals surface area contributed by atoms with E-state index in [0.717, 1.165) is 51.4 Å². The van der Waals surface area contributed by atoms with Crippen molar-refractivity contribution in [1.82, 2.24) is 0 Å². The first-order valence-electron chi connectivity index (χ1n) is 8.96. The summed E-state index contributed by atoms with van der Waals surface area (Å²) in [5.74, 6) is -1.71. The van der Waals surface area contributed by atoms with Crippen LogP contribution in [0.1, 0.15) is 99.7 Å². The third-order valence-corrected chi connectivity index (χ3v) is 4.36. The summed E-state index contributed by atoms with van der Waals surface area (Å²) in [6, 6.07) is 0. The van der Waals surface area contributed by atoms with Crippen LogP contribution in [0.15, 0.2) is 9.15 Å². The maximum Gasteiger partial charge on any atom is 0.384 e. The van der Waals surface area contributed by atoms with Gasteiger partial charge in [0, 0.05) is 0 Å². The molecule has 1 aromatic heterocycles. The zero-order chi connectivity index (χ0) is 17.6. The number of unbranched alkanes of at least 4 members (excludes halogenated alkanes) is 2. The van der Waals surface area contributed by atoms with Crippen molar-refractivity contribution in [1.29, 1.82) is 0 Å². The summed E-state index contributed by atoms with van der Waals surface area (Å²) in [6.07, 6.45) is 8.78. The van der Waals surface area contributed by atoms with E-state index in [-0.39, 0.29) is 17.6 Å². The zero-order valence-corrected chi connectivity index (χ0v) is 14.9. The maximum atomic E-state index is 12.2. The third-order valence-electron chi connectivity index (χ3n) is 4.36. The molecule has 0 aromatic carbocycles. The lowest BCUT2D eigenvalue weighted by Gasteiger charge is -2.25. The molecule has 1 aliphatic rings. The molecule has 1 heterocycles. The van der Waals surface area contributed by atoms with E-state index in [1.165, 1.54) is 6.42 Å². The minimum atomic E-state index is -0.682. The van der Waals surface area contributed by atoms with Crippen LogP contribution in [-0.2, 0) is 9.47 Å². The molecule has 0 N–H and O–H groups in total. The van der Waals surface area contributed by atoms with Crippen molar-refractivity contribution >= 4 is 11.9 Å². The average molecular weight is 340 g/mol. The smallest absolute Gasteiger partial charge is 0.384 e. The molecule has 136 valence electrons. The van der Waals surface area contributed by atoms with E-state index in [0.29, 0.717) is 0 Å². The van der Waals surface area contributed by atoms with E-state index in [4.69, 9.17) is 14.1 Å². The Bertz CT molecular complexity index is 533. The van der Waals surface area contributed by atoms with Crippen molar-refractivity contribution in [3.05, 3.63) is 11.5 Å². The number of carbonyl (C=O) groups excluding carboxylic acids is 2. The second-order valence-corrected chi connectivity index (χ2v) is 7.10. The minimum Gasteiger partial charge on any atom is -0.456 e. The minimum absolute atomic E-state index is 0.106. The number of hydrogen-bond acceptors (Lipinski definition) is 6. The maximum absolute atomic E-state index is 12.2. The molecule has 0 spiro atoms. The van der Waals surface area contributed by atoms with Crippen LogP contribution in [0, 0.1) is 0 Å². The quantitative estimate of drug-likeness (QED) is 0.381. The molecule has 1 fully saturated rings. The van der Waals surface area contributed by atoms with E-state index in [2.05, 4.69) is 11.5 Å². The molecular formula is C18H28O6. The van der Waals surface area contributed by atoms with E-state index in [9.17, 15) is 9.59 Å². The van der Waals surface area contributed by atoms with E-state index >= 15 is 0 Å². The summed E-state index contributed by atoms with van der Waals surface area (Å²) < 4.78 is 20.2. The Morgan fingerprint density at radius 2 is 1.67 bits per heavy atom. The fraction of sp³-hybridized carbons (Fsp3) is 0.778. The van der Waals surface area contributed by atoms with Crippen molar-refractivity contribution in [3.63, 3.8) is 0 Å². The average Bonchev–Trinajstić information content (AvgIpc) is 2.46. The Morgan fingerprint density at radius 1 is 1.04 bits per heavy atom. The Kier molecular flexibility index (Phi) is 6.52. The van der Waals surface area contributed by atoms with Gasteiger partial charge in [-0.15, -0.1) is 0 Å². The van der Waals surface area contributed by atoms with Crippen LogP contribution in [0.2, 0.25) is 0 Å². The van der Waals surface area contributed by atoms with Crippen molar-refractivity contribution in [2.75, 3.05) is 0 Å². The molecule has 0 saturated heterocycles. The third kappa shape index (κ3) is 5.14. The van der Waals surface area contributed by atoms with Gasteiger partial charge in [-0.05, 0) is 52.4 Å². The molecule has 0 aliphatic heterocycles. The second-order valence-electron chi connectivity index (χ2n) is 7.10. The lowest BCUT2D eigenvalue weighted by Crippen LogP contribution is -2.30. The highest BCUT2D eigenvalue weighted by atomic mass is 17.0. The van der Waals surface area contributed by atoms with Crippen molar-refractivity contribution in [2.24, 2.45) is 0 Å². The lowest BCUT2D eigenvalue weighted by molar-refractivity contribution is -0.0610. The number of ether oxygens (including phenoxy) is 2. The number of hydrogen-bond donors (Lipinski definition) is 0. The van der Waals surface area contributed by atoms with Crippen molar-refractivity contribution in [2.45, 2.75) is 90.3 Å². The number of esters is 2. The Labute approximate surface area is 142 Å². The highest BCUT2D eigenvalue weighted by Gasteiger charge is 2.36. The van der Waals surface area contributed by atoms with Crippen LogP contribution in [0.4, 0.5) is 0 Å². The lowest BCUT2D eigenvalue weighted by atomic mass is 9.98. The van der Waals surface area contributed by atoms with E-state index < -0.39 is 17.5 Å². The molecule has 0 unspecified atom stereocenters. The van der Waals surface area contributed by atoms with Gasteiger partial charge >= 0.3 is 23.5 Å². The summed E-state index contributed by atoms with van der Waals surface area (Å²) >= 11 is 0. The van der Waals surface area contributed by atoms with Crippen molar-refractivity contribution in [3.8, 4) is 0 Å². The van der Waals surface area contributed by atoms with Crippen LogP contribution in [0.25, 0.3) is 0 Å². The van der Waals surface area contributed by atoms with Crippen LogP contribution < -0.4 is 0 Å². The van der Waals surface area contributed by atoms with Crippen LogP contribution in [0.5, 0.6) is 0 Å². The molecule has 6 heteroatoms. The molecule has 24 heavy (non-hydrogen) atoms. The van der Waals surface area contributed by atoms with Gasteiger partial charge < -0.3 is 9.47 Å². The summed E-state index contributed by atoms with van der Waals surface area (Å²) in [5.41, 5.74) is -0.614. The molecule has 1 aliphatic carbocycles. The standard InChI is InChI=1S/C18H28O6/c1-4-5-9-12-18(2,3)22-17(20)15-14(23-24-15)16(19)21-13-10-7-6-8-11-13/h13H,4-12H2,1-3H3. The summed E-state index contributed by atoms with van der Waals surface area (Å²) in [7, 11) is 0. The normalized spacial score (nSPS) is 16.1. The SMILES string of the molecule is CCCCCC(C)(C)OC(=O)c1ooc1C(=O)OC1CCCCC1. The Hall–Kier alpha value is -1.72. The van der Waals surface area contributed by atoms with E-state index in [1.54, 1.807) is 0 Å². The molecule has 0 bridgehead atoms. The molecule has 1 saturated carbocycles. The first-order valence-corrected chi connectivity index (χ1v) is 8.96. The first-order chi connectivity index (χ1) is 11.4. The van der Waals surface area contributed by atoms with Crippen LogP contribution >= 0.6 is 0 Å². The van der Waals surface area contributed by atoms with Gasteiger partial charge in [0.15, 0.2) is 0 Å². The Morgan fingerprint density at radius 3 is 2.25 bits per heavy atom. The molecule has 1 aromatic rings. The molecule has 6 nitrogen and oxygen atoms in total. The van der Waals surface area contributed by atoms with Gasteiger partial charge in [0.25, 0.3) is 0 Å². The first kappa shape index (κ1) is 18.6. The summed E-state index contributed by atoms with van der Waals surface area (Å²) in [5, 5.41) is 0. The highest BCUT2D eigenvalue weighted by molar-refractivity contribution is 5.99. The molecule has 0 radical (unpaired) electrons. The molecular weight excluding hydrogens is 312 g/mol. The monoisotopic (exact) mass is 340 g/mol. The fourth-order valence-corrected chi connectivity index (χ4v) is 2.92. The fourth-order valence-electron chi connectivity index (χ4n) is 2.92. The number of carbonyl (C=O) groups is 2. The topological polar surface area (TPSA) is 78.9 Å². The predicted molar refractivity (Wildman–Crippen MR) is 86.9 cm³/mol. The Balaban J connectivity index is 1.87. The molecule has 2 rings (SSSR count). The second kappa shape index (κ2) is 8.40. The van der Waals surface area contributed by atoms with Crippen molar-refractivity contribution < 1.29 is 28.2 Å². The van der Waals surface area contributed by atoms with Gasteiger partial charge in [-0.2, -0.15) is 0 Å². The molecule has 0 amide bonds. The summed E-state index contributed by atoms with van der Waals surface area (Å²) in [6.45, 7) is 5.81. The van der Waals surface area contributed by atoms with Crippen LogP contribution in [0.3, 0.4) is 0 Å². The van der Waals surface area contributed by atoms with Gasteiger partial charge in [0.05, 0.1) is 0 Å². The van der Waals surface area contributed by atoms with Gasteiger partial charge in [-0.25, -0.2) is 9.59 Å². The molecule has 0 atom stereocenters. The number of rotatable bonds is 8. The highest BCUT2D eigenvalue weighted by Crippen LogP contribution is 2.26. The van der Waals surface area contributed by atoms with E-state index in [1.807, 2.05) is 13.8 Å². The summed E-state index contributed by atoms with van der Waals surface area (Å²) in [4.78, 5) is 24.3. The largest absolute Gasteiger partial charge is 0.456 e. The van der Waals surface area contributed by atoms with Gasteiger partial charge in [0.1, 0.15) is 11.7 Å². The zero-order valence-electron chi connectivity index (χ0n) is 14.9. The van der Waals surface area contributed by atoms with Gasteiger partial charge in [-0.1, -0.05) is 26.2 Å². The van der Waals surface area contributed by atoms with Gasteiger partial charge in [0.2, 0.25) is 0 Å². The van der Waals surface area contributed by atoms with Gasteiger partial charge in [-0.3, -0.25) is 9.15 Å².